The van der Waals surface area contributed by atoms with E-state index in [1.807, 2.05) is 18.2 Å². The van der Waals surface area contributed by atoms with Crippen LogP contribution >= 0.6 is 0 Å². The Morgan fingerprint density at radius 3 is 2.35 bits per heavy atom. The average molecular weight is 500 g/mol. The van der Waals surface area contributed by atoms with Crippen LogP contribution in [-0.2, 0) is 11.2 Å². The van der Waals surface area contributed by atoms with Crippen molar-refractivity contribution in [3.63, 3.8) is 0 Å². The number of anilines is 2. The van der Waals surface area contributed by atoms with Gasteiger partial charge in [0.1, 0.15) is 17.9 Å². The molecule has 7 nitrogen and oxygen atoms in total. The van der Waals surface area contributed by atoms with Crippen molar-refractivity contribution in [3.05, 3.63) is 71.5 Å². The normalized spacial score (nSPS) is 16.7. The van der Waals surface area contributed by atoms with Gasteiger partial charge in [-0.25, -0.2) is 9.97 Å². The second-order valence-corrected chi connectivity index (χ2v) is 10.1. The van der Waals surface area contributed by atoms with E-state index in [1.165, 1.54) is 22.4 Å². The number of carbonyl (C=O) groups is 1. The molecule has 2 saturated heterocycles. The molecule has 2 aliphatic rings. The summed E-state index contributed by atoms with van der Waals surface area (Å²) in [5, 5.41) is 0. The molecule has 2 aliphatic heterocycles. The summed E-state index contributed by atoms with van der Waals surface area (Å²) in [7, 11) is 0. The van der Waals surface area contributed by atoms with Gasteiger partial charge in [0.25, 0.3) is 0 Å². The summed E-state index contributed by atoms with van der Waals surface area (Å²) in [6.07, 6.45) is 4.24. The third-order valence-electron chi connectivity index (χ3n) is 7.86. The van der Waals surface area contributed by atoms with E-state index in [1.54, 1.807) is 6.33 Å². The van der Waals surface area contributed by atoms with Gasteiger partial charge in [-0.2, -0.15) is 0 Å². The Balaban J connectivity index is 1.13. The molecular weight excluding hydrogens is 462 g/mol. The zero-order valence-electron chi connectivity index (χ0n) is 22.2. The van der Waals surface area contributed by atoms with Gasteiger partial charge in [-0.15, -0.1) is 0 Å². The minimum atomic E-state index is 0.0816. The van der Waals surface area contributed by atoms with E-state index in [9.17, 15) is 4.79 Å². The Kier molecular flexibility index (Phi) is 7.58. The van der Waals surface area contributed by atoms with E-state index in [4.69, 9.17) is 4.74 Å². The van der Waals surface area contributed by atoms with Crippen molar-refractivity contribution in [2.75, 3.05) is 49.1 Å². The molecule has 0 saturated carbocycles. The lowest BCUT2D eigenvalue weighted by Gasteiger charge is -2.40. The summed E-state index contributed by atoms with van der Waals surface area (Å²) in [5.41, 5.74) is 5.22. The van der Waals surface area contributed by atoms with Gasteiger partial charge >= 0.3 is 0 Å². The first-order valence-electron chi connectivity index (χ1n) is 13.5. The summed E-state index contributed by atoms with van der Waals surface area (Å²) in [4.78, 5) is 28.8. The minimum absolute atomic E-state index is 0.0816. The maximum Gasteiger partial charge on any atom is 0.225 e. The molecule has 0 bridgehead atoms. The van der Waals surface area contributed by atoms with Gasteiger partial charge in [-0.05, 0) is 68.0 Å². The first-order chi connectivity index (χ1) is 18.0. The smallest absolute Gasteiger partial charge is 0.225 e. The van der Waals surface area contributed by atoms with Crippen LogP contribution in [0.3, 0.4) is 0 Å². The highest BCUT2D eigenvalue weighted by Gasteiger charge is 2.31. The van der Waals surface area contributed by atoms with E-state index >= 15 is 0 Å². The fourth-order valence-electron chi connectivity index (χ4n) is 5.33. The quantitative estimate of drug-likeness (QED) is 0.475. The molecule has 5 rings (SSSR count). The molecule has 0 unspecified atom stereocenters. The SMILES string of the molecule is CCc1ccc(Oc2cc(N3CCC(C(=O)N4CCN(c5cccc(C)c5C)CC4)CC3)ncn2)cc1. The number of ether oxygens (including phenoxy) is 1. The van der Waals surface area contributed by atoms with Crippen LogP contribution in [0.15, 0.2) is 54.9 Å². The maximum atomic E-state index is 13.3. The van der Waals surface area contributed by atoms with E-state index in [2.05, 4.69) is 75.8 Å². The molecule has 0 N–H and O–H groups in total. The number of aryl methyl sites for hydroxylation is 2. The largest absolute Gasteiger partial charge is 0.439 e. The summed E-state index contributed by atoms with van der Waals surface area (Å²) in [6, 6.07) is 16.5. The molecule has 2 fully saturated rings. The predicted molar refractivity (Wildman–Crippen MR) is 148 cm³/mol. The van der Waals surface area contributed by atoms with Crippen LogP contribution in [0, 0.1) is 19.8 Å². The standard InChI is InChI=1S/C30H37N5O2/c1-4-24-8-10-26(11-9-24)37-29-20-28(31-21-32-29)34-14-12-25(13-15-34)30(36)35-18-16-33(17-19-35)27-7-5-6-22(2)23(27)3/h5-11,20-21,25H,4,12-19H2,1-3H3. The van der Waals surface area contributed by atoms with Gasteiger partial charge in [-0.1, -0.05) is 31.2 Å². The van der Waals surface area contributed by atoms with Crippen molar-refractivity contribution in [1.82, 2.24) is 14.9 Å². The zero-order chi connectivity index (χ0) is 25.8. The van der Waals surface area contributed by atoms with Crippen molar-refractivity contribution in [2.45, 2.75) is 40.0 Å². The number of hydrogen-bond donors (Lipinski definition) is 0. The van der Waals surface area contributed by atoms with Crippen molar-refractivity contribution < 1.29 is 9.53 Å². The molecule has 3 aromatic rings. The monoisotopic (exact) mass is 499 g/mol. The molecule has 0 atom stereocenters. The van der Waals surface area contributed by atoms with E-state index in [0.29, 0.717) is 11.8 Å². The molecule has 2 aromatic carbocycles. The summed E-state index contributed by atoms with van der Waals surface area (Å²) >= 11 is 0. The number of carbonyl (C=O) groups excluding carboxylic acids is 1. The second kappa shape index (κ2) is 11.2. The van der Waals surface area contributed by atoms with Crippen LogP contribution < -0.4 is 14.5 Å². The third kappa shape index (κ3) is 5.71. The van der Waals surface area contributed by atoms with Crippen molar-refractivity contribution >= 4 is 17.4 Å². The molecule has 0 aliphatic carbocycles. The lowest BCUT2D eigenvalue weighted by molar-refractivity contribution is -0.136. The molecule has 194 valence electrons. The van der Waals surface area contributed by atoms with Crippen LogP contribution in [0.5, 0.6) is 11.6 Å². The summed E-state index contributed by atoms with van der Waals surface area (Å²) in [5.74, 6) is 2.54. The number of aromatic nitrogens is 2. The minimum Gasteiger partial charge on any atom is -0.439 e. The Hall–Kier alpha value is -3.61. The summed E-state index contributed by atoms with van der Waals surface area (Å²) < 4.78 is 5.96. The molecule has 3 heterocycles. The fraction of sp³-hybridized carbons (Fsp3) is 0.433. The predicted octanol–water partition coefficient (Wildman–Crippen LogP) is 5.01. The number of piperazine rings is 1. The molecule has 1 amide bonds. The molecule has 0 spiro atoms. The highest BCUT2D eigenvalue weighted by Crippen LogP contribution is 2.28. The first-order valence-corrected chi connectivity index (χ1v) is 13.5. The number of benzene rings is 2. The van der Waals surface area contributed by atoms with Gasteiger partial charge in [-0.3, -0.25) is 4.79 Å². The van der Waals surface area contributed by atoms with Crippen molar-refractivity contribution in [3.8, 4) is 11.6 Å². The van der Waals surface area contributed by atoms with Gasteiger partial charge in [0.2, 0.25) is 11.8 Å². The zero-order valence-corrected chi connectivity index (χ0v) is 22.2. The third-order valence-corrected chi connectivity index (χ3v) is 7.86. The average Bonchev–Trinajstić information content (AvgIpc) is 2.95. The van der Waals surface area contributed by atoms with Crippen molar-refractivity contribution in [1.29, 1.82) is 0 Å². The lowest BCUT2D eigenvalue weighted by Crippen LogP contribution is -2.52. The molecular formula is C30H37N5O2. The second-order valence-electron chi connectivity index (χ2n) is 10.1. The van der Waals surface area contributed by atoms with Gasteiger partial charge in [0.05, 0.1) is 0 Å². The number of hydrogen-bond acceptors (Lipinski definition) is 6. The van der Waals surface area contributed by atoms with E-state index in [0.717, 1.165) is 70.1 Å². The van der Waals surface area contributed by atoms with Gasteiger partial charge in [0.15, 0.2) is 0 Å². The summed E-state index contributed by atoms with van der Waals surface area (Å²) in [6.45, 7) is 11.4. The van der Waals surface area contributed by atoms with Crippen LogP contribution in [0.2, 0.25) is 0 Å². The Labute approximate surface area is 220 Å². The van der Waals surface area contributed by atoms with Gasteiger partial charge < -0.3 is 19.4 Å². The number of piperidine rings is 1. The fourth-order valence-corrected chi connectivity index (χ4v) is 5.33. The van der Waals surface area contributed by atoms with Gasteiger partial charge in [0, 0.05) is 56.9 Å². The van der Waals surface area contributed by atoms with E-state index < -0.39 is 0 Å². The molecule has 1 aromatic heterocycles. The van der Waals surface area contributed by atoms with Crippen LogP contribution in [0.4, 0.5) is 11.5 Å². The Morgan fingerprint density at radius 2 is 1.65 bits per heavy atom. The maximum absolute atomic E-state index is 13.3. The molecule has 0 radical (unpaired) electrons. The van der Waals surface area contributed by atoms with Crippen LogP contribution in [-0.4, -0.2) is 60.0 Å². The lowest BCUT2D eigenvalue weighted by atomic mass is 9.95. The highest BCUT2D eigenvalue weighted by molar-refractivity contribution is 5.79. The Morgan fingerprint density at radius 1 is 0.919 bits per heavy atom. The van der Waals surface area contributed by atoms with Crippen molar-refractivity contribution in [2.24, 2.45) is 5.92 Å². The van der Waals surface area contributed by atoms with E-state index in [-0.39, 0.29) is 5.92 Å². The van der Waals surface area contributed by atoms with Crippen LogP contribution in [0.25, 0.3) is 0 Å². The number of nitrogens with zero attached hydrogens (tertiary/aromatic N) is 5. The Bertz CT molecular complexity index is 1210. The topological polar surface area (TPSA) is 61.8 Å². The molecule has 37 heavy (non-hydrogen) atoms. The first kappa shape index (κ1) is 25.1. The van der Waals surface area contributed by atoms with Crippen LogP contribution in [0.1, 0.15) is 36.5 Å². The molecule has 7 heteroatoms. The highest BCUT2D eigenvalue weighted by atomic mass is 16.5. The number of rotatable bonds is 6. The number of amides is 1.